The Hall–Kier alpha value is -2.47. The predicted molar refractivity (Wildman–Crippen MR) is 93.0 cm³/mol. The summed E-state index contributed by atoms with van der Waals surface area (Å²) in [5.41, 5.74) is 3.02. The Morgan fingerprint density at radius 2 is 1.92 bits per heavy atom. The lowest BCUT2D eigenvalue weighted by molar-refractivity contribution is 0.390. The summed E-state index contributed by atoms with van der Waals surface area (Å²) in [7, 11) is 0.508. The molecule has 0 aliphatic carbocycles. The Balaban J connectivity index is 1.67. The number of aryl methyl sites for hydroxylation is 1. The molecule has 0 aliphatic heterocycles. The molecule has 1 aromatic heterocycles. The molecule has 6 heteroatoms. The van der Waals surface area contributed by atoms with E-state index >= 15 is 0 Å². The topological polar surface area (TPSA) is 65.2 Å². The average molecular weight is 342 g/mol. The maximum absolute atomic E-state index is 12.3. The van der Waals surface area contributed by atoms with Gasteiger partial charge >= 0.3 is 0 Å². The molecule has 5 nitrogen and oxygen atoms in total. The minimum absolute atomic E-state index is 0.241. The van der Waals surface area contributed by atoms with E-state index in [9.17, 15) is 4.21 Å². The van der Waals surface area contributed by atoms with Gasteiger partial charge in [-0.05, 0) is 24.6 Å². The van der Waals surface area contributed by atoms with Crippen molar-refractivity contribution in [3.63, 3.8) is 0 Å². The molecule has 0 N–H and O–H groups in total. The molecular weight excluding hydrogens is 324 g/mol. The third kappa shape index (κ3) is 4.08. The smallest absolute Gasteiger partial charge is 0.239 e. The fourth-order valence-electron chi connectivity index (χ4n) is 2.25. The largest absolute Gasteiger partial charge is 0.497 e. The highest BCUT2D eigenvalue weighted by molar-refractivity contribution is 7.83. The highest BCUT2D eigenvalue weighted by Gasteiger charge is 2.12. The highest BCUT2D eigenvalue weighted by Crippen LogP contribution is 2.21. The summed E-state index contributed by atoms with van der Waals surface area (Å²) in [4.78, 5) is 4.33. The molecule has 0 spiro atoms. The van der Waals surface area contributed by atoms with E-state index in [1.165, 1.54) is 5.56 Å². The van der Waals surface area contributed by atoms with Gasteiger partial charge in [-0.2, -0.15) is 4.98 Å². The Kier molecular flexibility index (Phi) is 5.05. The molecule has 0 unspecified atom stereocenters. The normalized spacial score (nSPS) is 12.1. The zero-order chi connectivity index (χ0) is 16.9. The van der Waals surface area contributed by atoms with Gasteiger partial charge in [0.1, 0.15) is 11.5 Å². The molecule has 3 rings (SSSR count). The predicted octanol–water partition coefficient (Wildman–Crippen LogP) is 3.50. The second-order valence-electron chi connectivity index (χ2n) is 5.46. The lowest BCUT2D eigenvalue weighted by Crippen LogP contribution is -2.00. The molecular formula is C18H18N2O3S. The Labute approximate surface area is 143 Å². The van der Waals surface area contributed by atoms with E-state index in [-0.39, 0.29) is 5.75 Å². The Morgan fingerprint density at radius 1 is 1.12 bits per heavy atom. The molecule has 3 aromatic rings. The van der Waals surface area contributed by atoms with Crippen LogP contribution in [0.5, 0.6) is 5.75 Å². The summed E-state index contributed by atoms with van der Waals surface area (Å²) in [6, 6.07) is 15.4. The molecule has 0 aliphatic rings. The molecule has 0 saturated heterocycles. The van der Waals surface area contributed by atoms with Crippen LogP contribution in [0.4, 0.5) is 0 Å². The number of rotatable bonds is 6. The van der Waals surface area contributed by atoms with Crippen molar-refractivity contribution in [3.8, 4) is 17.1 Å². The van der Waals surface area contributed by atoms with Crippen LogP contribution in [0, 0.1) is 6.92 Å². The average Bonchev–Trinajstić information content (AvgIpc) is 3.05. The molecule has 124 valence electrons. The summed E-state index contributed by atoms with van der Waals surface area (Å²) < 4.78 is 22.7. The van der Waals surface area contributed by atoms with E-state index in [4.69, 9.17) is 9.26 Å². The van der Waals surface area contributed by atoms with Crippen molar-refractivity contribution in [1.29, 1.82) is 0 Å². The summed E-state index contributed by atoms with van der Waals surface area (Å²) in [6.45, 7) is 2.03. The van der Waals surface area contributed by atoms with Crippen LogP contribution in [-0.2, 0) is 22.3 Å². The number of hydrogen-bond acceptors (Lipinski definition) is 5. The maximum atomic E-state index is 12.3. The van der Waals surface area contributed by atoms with E-state index in [2.05, 4.69) is 10.1 Å². The number of ether oxygens (including phenoxy) is 1. The van der Waals surface area contributed by atoms with E-state index in [0.717, 1.165) is 16.9 Å². The molecule has 24 heavy (non-hydrogen) atoms. The third-order valence-corrected chi connectivity index (χ3v) is 4.75. The fraction of sp³-hybridized carbons (Fsp3) is 0.222. The monoisotopic (exact) mass is 342 g/mol. The van der Waals surface area contributed by atoms with Crippen molar-refractivity contribution in [2.45, 2.75) is 18.4 Å². The summed E-state index contributed by atoms with van der Waals surface area (Å²) in [5.74, 6) is 2.28. The van der Waals surface area contributed by atoms with Gasteiger partial charge in [0.25, 0.3) is 0 Å². The molecule has 2 aromatic carbocycles. The van der Waals surface area contributed by atoms with Crippen LogP contribution in [0.15, 0.2) is 53.1 Å². The van der Waals surface area contributed by atoms with Crippen molar-refractivity contribution < 1.29 is 13.5 Å². The van der Waals surface area contributed by atoms with Gasteiger partial charge in [-0.15, -0.1) is 0 Å². The first-order chi connectivity index (χ1) is 11.6. The van der Waals surface area contributed by atoms with E-state index in [0.29, 0.717) is 17.5 Å². The number of hydrogen-bond donors (Lipinski definition) is 0. The van der Waals surface area contributed by atoms with E-state index in [1.54, 1.807) is 7.11 Å². The first-order valence-corrected chi connectivity index (χ1v) is 9.00. The second kappa shape index (κ2) is 7.40. The SMILES string of the molecule is COc1cccc(-c2noc(C[S@@](=O)Cc3ccc(C)cc3)n2)c1. The highest BCUT2D eigenvalue weighted by atomic mass is 32.2. The second-order valence-corrected chi connectivity index (χ2v) is 6.91. The molecule has 0 fully saturated rings. The van der Waals surface area contributed by atoms with Gasteiger partial charge in [0.15, 0.2) is 0 Å². The van der Waals surface area contributed by atoms with Crippen LogP contribution < -0.4 is 4.74 Å². The van der Waals surface area contributed by atoms with E-state index < -0.39 is 10.8 Å². The summed E-state index contributed by atoms with van der Waals surface area (Å²) in [5, 5.41) is 3.96. The van der Waals surface area contributed by atoms with E-state index in [1.807, 2.05) is 55.5 Å². The molecule has 0 bridgehead atoms. The standard InChI is InChI=1S/C18H18N2O3S/c1-13-6-8-14(9-7-13)11-24(21)12-17-19-18(20-23-17)15-4-3-5-16(10-15)22-2/h3-10H,11-12H2,1-2H3/t24-/m0/s1. The molecule has 0 amide bonds. The zero-order valence-corrected chi connectivity index (χ0v) is 14.4. The minimum atomic E-state index is -1.10. The van der Waals surface area contributed by atoms with Crippen LogP contribution in [0.25, 0.3) is 11.4 Å². The van der Waals surface area contributed by atoms with Crippen molar-refractivity contribution >= 4 is 10.8 Å². The van der Waals surface area contributed by atoms with Crippen LogP contribution in [0.3, 0.4) is 0 Å². The van der Waals surface area contributed by atoms with Crippen LogP contribution in [0.2, 0.25) is 0 Å². The van der Waals surface area contributed by atoms with Crippen LogP contribution in [-0.4, -0.2) is 21.5 Å². The Morgan fingerprint density at radius 3 is 2.67 bits per heavy atom. The fourth-order valence-corrected chi connectivity index (χ4v) is 3.31. The van der Waals surface area contributed by atoms with Crippen molar-refractivity contribution in [1.82, 2.24) is 10.1 Å². The number of methoxy groups -OCH3 is 1. The molecule has 1 atom stereocenters. The van der Waals surface area contributed by atoms with Crippen molar-refractivity contribution in [3.05, 3.63) is 65.5 Å². The lowest BCUT2D eigenvalue weighted by atomic mass is 10.2. The Bertz CT molecular complexity index is 843. The van der Waals surface area contributed by atoms with Gasteiger partial charge in [-0.3, -0.25) is 4.21 Å². The van der Waals surface area contributed by atoms with Gasteiger partial charge in [0, 0.05) is 22.1 Å². The van der Waals surface area contributed by atoms with Crippen molar-refractivity contribution in [2.75, 3.05) is 7.11 Å². The first kappa shape index (κ1) is 16.4. The number of aromatic nitrogens is 2. The van der Waals surface area contributed by atoms with Gasteiger partial charge in [-0.1, -0.05) is 47.1 Å². The van der Waals surface area contributed by atoms with Gasteiger partial charge in [-0.25, -0.2) is 0 Å². The molecule has 0 radical (unpaired) electrons. The summed E-state index contributed by atoms with van der Waals surface area (Å²) in [6.07, 6.45) is 0. The van der Waals surface area contributed by atoms with Crippen LogP contribution in [0.1, 0.15) is 17.0 Å². The minimum Gasteiger partial charge on any atom is -0.497 e. The number of nitrogens with zero attached hydrogens (tertiary/aromatic N) is 2. The van der Waals surface area contributed by atoms with Gasteiger partial charge in [0.05, 0.1) is 7.11 Å². The quantitative estimate of drug-likeness (QED) is 0.686. The molecule has 0 saturated carbocycles. The number of benzene rings is 2. The molecule has 1 heterocycles. The van der Waals surface area contributed by atoms with Crippen LogP contribution >= 0.6 is 0 Å². The maximum Gasteiger partial charge on any atom is 0.239 e. The summed E-state index contributed by atoms with van der Waals surface area (Å²) >= 11 is 0. The first-order valence-electron chi connectivity index (χ1n) is 7.51. The van der Waals surface area contributed by atoms with Gasteiger partial charge in [0.2, 0.25) is 11.7 Å². The lowest BCUT2D eigenvalue weighted by Gasteiger charge is -2.01. The third-order valence-electron chi connectivity index (χ3n) is 3.53. The van der Waals surface area contributed by atoms with Crippen molar-refractivity contribution in [2.24, 2.45) is 0 Å². The zero-order valence-electron chi connectivity index (χ0n) is 13.6. The van der Waals surface area contributed by atoms with Gasteiger partial charge < -0.3 is 9.26 Å².